The van der Waals surface area contributed by atoms with Crippen LogP contribution in [0.5, 0.6) is 0 Å². The van der Waals surface area contributed by atoms with Gasteiger partial charge in [-0.25, -0.2) is 4.39 Å². The second kappa shape index (κ2) is 6.30. The molecule has 2 rings (SSSR count). The molecule has 3 nitrogen and oxygen atoms in total. The zero-order valence-electron chi connectivity index (χ0n) is 11.2. The van der Waals surface area contributed by atoms with E-state index in [1.165, 1.54) is 12.1 Å². The van der Waals surface area contributed by atoms with Gasteiger partial charge in [-0.15, -0.1) is 0 Å². The summed E-state index contributed by atoms with van der Waals surface area (Å²) < 4.78 is 18.5. The summed E-state index contributed by atoms with van der Waals surface area (Å²) in [6, 6.07) is 6.43. The van der Waals surface area contributed by atoms with Gasteiger partial charge in [0.15, 0.2) is 5.11 Å². The highest BCUT2D eigenvalue weighted by atomic mass is 32.1. The minimum Gasteiger partial charge on any atom is -0.372 e. The molecule has 1 fully saturated rings. The van der Waals surface area contributed by atoms with E-state index in [4.69, 9.17) is 17.0 Å². The van der Waals surface area contributed by atoms with Crippen molar-refractivity contribution in [2.24, 2.45) is 0 Å². The van der Waals surface area contributed by atoms with Gasteiger partial charge < -0.3 is 15.0 Å². The molecule has 0 radical (unpaired) electrons. The zero-order chi connectivity index (χ0) is 13.8. The fourth-order valence-electron chi connectivity index (χ4n) is 2.24. The molecule has 0 aliphatic carbocycles. The van der Waals surface area contributed by atoms with Crippen LogP contribution in [0.1, 0.15) is 19.4 Å². The van der Waals surface area contributed by atoms with E-state index >= 15 is 0 Å². The molecule has 0 saturated carbocycles. The van der Waals surface area contributed by atoms with Crippen LogP contribution in [0.3, 0.4) is 0 Å². The Balaban J connectivity index is 1.85. The molecule has 1 aliphatic heterocycles. The largest absolute Gasteiger partial charge is 0.372 e. The SMILES string of the molecule is CC1CN(C(=S)NCc2ccc(F)cc2)CC(C)O1. The summed E-state index contributed by atoms with van der Waals surface area (Å²) in [5, 5.41) is 3.94. The van der Waals surface area contributed by atoms with E-state index in [2.05, 4.69) is 10.2 Å². The Bertz CT molecular complexity index is 428. The van der Waals surface area contributed by atoms with Crippen LogP contribution in [0.25, 0.3) is 0 Å². The lowest BCUT2D eigenvalue weighted by molar-refractivity contribution is -0.0482. The summed E-state index contributed by atoms with van der Waals surface area (Å²) in [5.74, 6) is -0.220. The normalized spacial score (nSPS) is 23.2. The number of nitrogens with one attached hydrogen (secondary N) is 1. The Labute approximate surface area is 118 Å². The Morgan fingerprint density at radius 3 is 2.47 bits per heavy atom. The van der Waals surface area contributed by atoms with Crippen molar-refractivity contribution in [3.63, 3.8) is 0 Å². The smallest absolute Gasteiger partial charge is 0.169 e. The molecule has 1 N–H and O–H groups in total. The van der Waals surface area contributed by atoms with Gasteiger partial charge in [0.1, 0.15) is 5.82 Å². The molecular weight excluding hydrogens is 263 g/mol. The number of benzene rings is 1. The molecule has 2 unspecified atom stereocenters. The molecule has 0 amide bonds. The van der Waals surface area contributed by atoms with Crippen molar-refractivity contribution >= 4 is 17.3 Å². The zero-order valence-corrected chi connectivity index (χ0v) is 12.0. The molecule has 2 atom stereocenters. The summed E-state index contributed by atoms with van der Waals surface area (Å²) in [6.07, 6.45) is 0.378. The molecule has 5 heteroatoms. The molecule has 19 heavy (non-hydrogen) atoms. The number of thiocarbonyl (C=S) groups is 1. The lowest BCUT2D eigenvalue weighted by Crippen LogP contribution is -2.51. The number of nitrogens with zero attached hydrogens (tertiary/aromatic N) is 1. The third-order valence-corrected chi connectivity index (χ3v) is 3.47. The number of rotatable bonds is 2. The van der Waals surface area contributed by atoms with Crippen LogP contribution in [-0.2, 0) is 11.3 Å². The third-order valence-electron chi connectivity index (χ3n) is 3.06. The molecule has 1 aromatic carbocycles. The summed E-state index contributed by atoms with van der Waals surface area (Å²) in [4.78, 5) is 2.12. The van der Waals surface area contributed by atoms with E-state index in [1.54, 1.807) is 12.1 Å². The monoisotopic (exact) mass is 282 g/mol. The molecule has 1 saturated heterocycles. The molecule has 1 heterocycles. The van der Waals surface area contributed by atoms with Crippen LogP contribution in [0, 0.1) is 5.82 Å². The lowest BCUT2D eigenvalue weighted by Gasteiger charge is -2.36. The highest BCUT2D eigenvalue weighted by Gasteiger charge is 2.23. The van der Waals surface area contributed by atoms with Crippen molar-refractivity contribution in [3.8, 4) is 0 Å². The first-order valence-electron chi connectivity index (χ1n) is 6.47. The maximum atomic E-state index is 12.8. The average molecular weight is 282 g/mol. The fraction of sp³-hybridized carbons (Fsp3) is 0.500. The van der Waals surface area contributed by atoms with Crippen LogP contribution < -0.4 is 5.32 Å². The number of hydrogen-bond donors (Lipinski definition) is 1. The first-order valence-corrected chi connectivity index (χ1v) is 6.88. The molecule has 0 spiro atoms. The Morgan fingerprint density at radius 1 is 1.32 bits per heavy atom. The standard InChI is InChI=1S/C14H19FN2OS/c1-10-8-17(9-11(2)18-10)14(19)16-7-12-3-5-13(15)6-4-12/h3-6,10-11H,7-9H2,1-2H3,(H,16,19). The first-order chi connectivity index (χ1) is 9.04. The second-order valence-electron chi connectivity index (χ2n) is 4.95. The predicted octanol–water partition coefficient (Wildman–Crippen LogP) is 2.31. The lowest BCUT2D eigenvalue weighted by atomic mass is 10.2. The van der Waals surface area contributed by atoms with Crippen molar-refractivity contribution in [2.45, 2.75) is 32.6 Å². The van der Waals surface area contributed by atoms with Crippen LogP contribution >= 0.6 is 12.2 Å². The number of ether oxygens (including phenoxy) is 1. The van der Waals surface area contributed by atoms with E-state index in [0.717, 1.165) is 23.8 Å². The van der Waals surface area contributed by atoms with E-state index in [0.29, 0.717) is 6.54 Å². The topological polar surface area (TPSA) is 24.5 Å². The van der Waals surface area contributed by atoms with Gasteiger partial charge in [0.25, 0.3) is 0 Å². The Kier molecular flexibility index (Phi) is 4.71. The maximum Gasteiger partial charge on any atom is 0.169 e. The van der Waals surface area contributed by atoms with Gasteiger partial charge in [-0.3, -0.25) is 0 Å². The average Bonchev–Trinajstić information content (AvgIpc) is 2.36. The Morgan fingerprint density at radius 2 is 1.89 bits per heavy atom. The maximum absolute atomic E-state index is 12.8. The van der Waals surface area contributed by atoms with Gasteiger partial charge in [-0.05, 0) is 43.8 Å². The third kappa shape index (κ3) is 4.14. The number of hydrogen-bond acceptors (Lipinski definition) is 2. The number of morpholine rings is 1. The fourth-order valence-corrected chi connectivity index (χ4v) is 2.46. The van der Waals surface area contributed by atoms with E-state index in [-0.39, 0.29) is 18.0 Å². The molecule has 0 aromatic heterocycles. The van der Waals surface area contributed by atoms with Gasteiger partial charge in [-0.2, -0.15) is 0 Å². The predicted molar refractivity (Wildman–Crippen MR) is 77.4 cm³/mol. The number of halogens is 1. The molecule has 1 aliphatic rings. The summed E-state index contributed by atoms with van der Waals surface area (Å²) in [6.45, 7) is 6.31. The van der Waals surface area contributed by atoms with Crippen molar-refractivity contribution in [3.05, 3.63) is 35.6 Å². The van der Waals surface area contributed by atoms with Crippen molar-refractivity contribution in [1.82, 2.24) is 10.2 Å². The van der Waals surface area contributed by atoms with Gasteiger partial charge in [0, 0.05) is 19.6 Å². The van der Waals surface area contributed by atoms with Crippen molar-refractivity contribution < 1.29 is 9.13 Å². The Hall–Kier alpha value is -1.20. The summed E-state index contributed by atoms with van der Waals surface area (Å²) >= 11 is 5.39. The van der Waals surface area contributed by atoms with E-state index in [1.807, 2.05) is 13.8 Å². The molecule has 1 aromatic rings. The van der Waals surface area contributed by atoms with Crippen LogP contribution in [0.4, 0.5) is 4.39 Å². The van der Waals surface area contributed by atoms with Gasteiger partial charge in [-0.1, -0.05) is 12.1 Å². The summed E-state index contributed by atoms with van der Waals surface area (Å²) in [5.41, 5.74) is 1.01. The van der Waals surface area contributed by atoms with Gasteiger partial charge >= 0.3 is 0 Å². The van der Waals surface area contributed by atoms with Crippen molar-refractivity contribution in [1.29, 1.82) is 0 Å². The highest BCUT2D eigenvalue weighted by Crippen LogP contribution is 2.11. The van der Waals surface area contributed by atoms with Crippen LogP contribution in [-0.4, -0.2) is 35.3 Å². The molecular formula is C14H19FN2OS. The second-order valence-corrected chi connectivity index (χ2v) is 5.33. The van der Waals surface area contributed by atoms with E-state index in [9.17, 15) is 4.39 Å². The minimum atomic E-state index is -0.220. The molecule has 104 valence electrons. The van der Waals surface area contributed by atoms with Crippen molar-refractivity contribution in [2.75, 3.05) is 13.1 Å². The van der Waals surface area contributed by atoms with Crippen LogP contribution in [0.15, 0.2) is 24.3 Å². The quantitative estimate of drug-likeness (QED) is 0.841. The highest BCUT2D eigenvalue weighted by molar-refractivity contribution is 7.80. The van der Waals surface area contributed by atoms with Crippen LogP contribution in [0.2, 0.25) is 0 Å². The summed E-state index contributed by atoms with van der Waals surface area (Å²) in [7, 11) is 0. The van der Waals surface area contributed by atoms with E-state index < -0.39 is 0 Å². The molecule has 0 bridgehead atoms. The minimum absolute atomic E-state index is 0.189. The first kappa shape index (κ1) is 14.2. The van der Waals surface area contributed by atoms with Gasteiger partial charge in [0.2, 0.25) is 0 Å². The van der Waals surface area contributed by atoms with Gasteiger partial charge in [0.05, 0.1) is 12.2 Å².